The fourth-order valence-corrected chi connectivity index (χ4v) is 3.97. The van der Waals surface area contributed by atoms with E-state index >= 15 is 0 Å². The first-order valence-electron chi connectivity index (χ1n) is 8.71. The van der Waals surface area contributed by atoms with Gasteiger partial charge in [0.15, 0.2) is 6.23 Å². The van der Waals surface area contributed by atoms with Crippen LogP contribution in [-0.4, -0.2) is 35.5 Å². The van der Waals surface area contributed by atoms with Crippen LogP contribution in [0.25, 0.3) is 0 Å². The summed E-state index contributed by atoms with van der Waals surface area (Å²) in [6.07, 6.45) is -0.373. The minimum absolute atomic E-state index is 0.0402. The topological polar surface area (TPSA) is 125 Å². The van der Waals surface area contributed by atoms with Crippen LogP contribution in [0.3, 0.4) is 0 Å². The van der Waals surface area contributed by atoms with Gasteiger partial charge in [-0.3, -0.25) is 5.32 Å². The van der Waals surface area contributed by atoms with Gasteiger partial charge in [0.25, 0.3) is 5.79 Å². The molecule has 2 atom stereocenters. The van der Waals surface area contributed by atoms with Gasteiger partial charge in [0.2, 0.25) is 0 Å². The molecule has 0 aromatic heterocycles. The van der Waals surface area contributed by atoms with Crippen molar-refractivity contribution in [2.24, 2.45) is 0 Å². The van der Waals surface area contributed by atoms with E-state index in [4.69, 9.17) is 8.37 Å². The molecule has 0 saturated carbocycles. The quantitative estimate of drug-likeness (QED) is 0.570. The molecule has 0 bridgehead atoms. The van der Waals surface area contributed by atoms with Gasteiger partial charge in [-0.2, -0.15) is 8.42 Å². The minimum Gasteiger partial charge on any atom is -0.508 e. The van der Waals surface area contributed by atoms with Gasteiger partial charge in [0.05, 0.1) is 0 Å². The van der Waals surface area contributed by atoms with Crippen LogP contribution in [-0.2, 0) is 31.0 Å². The molecule has 8 nitrogen and oxygen atoms in total. The van der Waals surface area contributed by atoms with Gasteiger partial charge in [0.1, 0.15) is 11.5 Å². The number of para-hydroxylation sites is 1. The second-order valence-corrected chi connectivity index (χ2v) is 8.54. The Morgan fingerprint density at radius 2 is 1.75 bits per heavy atom. The lowest BCUT2D eigenvalue weighted by atomic mass is 9.93. The van der Waals surface area contributed by atoms with E-state index in [0.29, 0.717) is 12.8 Å². The molecule has 152 valence electrons. The van der Waals surface area contributed by atoms with Gasteiger partial charge >= 0.3 is 10.4 Å². The molecule has 4 N–H and O–H groups in total. The number of aromatic hydroxyl groups is 2. The summed E-state index contributed by atoms with van der Waals surface area (Å²) in [6, 6.07) is 12.3. The minimum atomic E-state index is -4.42. The first-order chi connectivity index (χ1) is 13.0. The van der Waals surface area contributed by atoms with Crippen molar-refractivity contribution in [2.75, 3.05) is 0 Å². The van der Waals surface area contributed by atoms with Crippen molar-refractivity contribution in [3.05, 3.63) is 59.7 Å². The standard InChI is InChI=1S/C19H23NO7S/c1-18(2,12-11-13-5-3-4-6-16(13)22)20-17-19(23,27-28(24,25)26-17)14-7-9-15(21)10-8-14/h3-10,17,20-23H,11-12H2,1-2H3. The van der Waals surface area contributed by atoms with Gasteiger partial charge < -0.3 is 15.3 Å². The van der Waals surface area contributed by atoms with Gasteiger partial charge in [-0.1, -0.05) is 18.2 Å². The van der Waals surface area contributed by atoms with Crippen LogP contribution >= 0.6 is 0 Å². The molecule has 0 aliphatic carbocycles. The average Bonchev–Trinajstić information content (AvgIpc) is 2.83. The molecule has 2 aromatic rings. The van der Waals surface area contributed by atoms with Crippen LogP contribution < -0.4 is 5.32 Å². The summed E-state index contributed by atoms with van der Waals surface area (Å²) in [6.45, 7) is 3.64. The van der Waals surface area contributed by atoms with Crippen molar-refractivity contribution in [3.63, 3.8) is 0 Å². The number of benzene rings is 2. The molecule has 1 heterocycles. The molecule has 9 heteroatoms. The lowest BCUT2D eigenvalue weighted by Gasteiger charge is -2.34. The molecule has 1 fully saturated rings. The Morgan fingerprint density at radius 1 is 1.11 bits per heavy atom. The van der Waals surface area contributed by atoms with E-state index in [1.807, 2.05) is 19.9 Å². The molecule has 0 amide bonds. The van der Waals surface area contributed by atoms with Crippen molar-refractivity contribution in [3.8, 4) is 11.5 Å². The van der Waals surface area contributed by atoms with E-state index in [1.165, 1.54) is 24.3 Å². The second kappa shape index (κ2) is 7.34. The zero-order valence-corrected chi connectivity index (χ0v) is 16.3. The summed E-state index contributed by atoms with van der Waals surface area (Å²) >= 11 is 0. The van der Waals surface area contributed by atoms with Crippen LogP contribution in [0.2, 0.25) is 0 Å². The summed E-state index contributed by atoms with van der Waals surface area (Å²) in [5.41, 5.74) is 0.184. The summed E-state index contributed by atoms with van der Waals surface area (Å²) in [7, 11) is -4.42. The summed E-state index contributed by atoms with van der Waals surface area (Å²) < 4.78 is 33.5. The predicted octanol–water partition coefficient (Wildman–Crippen LogP) is 1.86. The predicted molar refractivity (Wildman–Crippen MR) is 101 cm³/mol. The molecule has 1 aliphatic rings. The Bertz CT molecular complexity index is 943. The van der Waals surface area contributed by atoms with Gasteiger partial charge in [0, 0.05) is 11.1 Å². The lowest BCUT2D eigenvalue weighted by molar-refractivity contribution is -0.178. The maximum atomic E-state index is 11.9. The molecule has 28 heavy (non-hydrogen) atoms. The Morgan fingerprint density at radius 3 is 2.39 bits per heavy atom. The highest BCUT2D eigenvalue weighted by molar-refractivity contribution is 7.82. The number of phenols is 2. The zero-order valence-electron chi connectivity index (χ0n) is 15.5. The van der Waals surface area contributed by atoms with Crippen LogP contribution in [0.4, 0.5) is 0 Å². The first-order valence-corrected chi connectivity index (χ1v) is 10.0. The van der Waals surface area contributed by atoms with Crippen molar-refractivity contribution >= 4 is 10.4 Å². The molecule has 0 radical (unpaired) electrons. The number of phenolic OH excluding ortho intramolecular Hbond substituents is 2. The second-order valence-electron chi connectivity index (χ2n) is 7.37. The van der Waals surface area contributed by atoms with Crippen molar-refractivity contribution in [1.29, 1.82) is 0 Å². The number of hydrogen-bond acceptors (Lipinski definition) is 8. The van der Waals surface area contributed by atoms with E-state index in [9.17, 15) is 23.7 Å². The summed E-state index contributed by atoms with van der Waals surface area (Å²) in [4.78, 5) is 0. The largest absolute Gasteiger partial charge is 0.508 e. The Hall–Kier alpha value is -2.17. The van der Waals surface area contributed by atoms with Gasteiger partial charge in [-0.05, 0) is 62.6 Å². The summed E-state index contributed by atoms with van der Waals surface area (Å²) in [5.74, 6) is -2.15. The number of hydrogen-bond donors (Lipinski definition) is 4. The van der Waals surface area contributed by atoms with Crippen molar-refractivity contribution in [1.82, 2.24) is 5.32 Å². The third-order valence-electron chi connectivity index (χ3n) is 4.61. The average molecular weight is 409 g/mol. The molecule has 3 rings (SSSR count). The van der Waals surface area contributed by atoms with E-state index in [1.54, 1.807) is 18.2 Å². The molecular formula is C19H23NO7S. The fourth-order valence-electron chi connectivity index (χ4n) is 3.02. The Labute approximate surface area is 163 Å². The van der Waals surface area contributed by atoms with E-state index in [2.05, 4.69) is 5.32 Å². The highest BCUT2D eigenvalue weighted by atomic mass is 32.3. The molecular weight excluding hydrogens is 386 g/mol. The monoisotopic (exact) mass is 409 g/mol. The highest BCUT2D eigenvalue weighted by Gasteiger charge is 2.55. The van der Waals surface area contributed by atoms with Gasteiger partial charge in [-0.25, -0.2) is 8.37 Å². The van der Waals surface area contributed by atoms with Crippen LogP contribution in [0.15, 0.2) is 48.5 Å². The molecule has 0 spiro atoms. The Kier molecular flexibility index (Phi) is 5.39. The molecule has 2 unspecified atom stereocenters. The number of nitrogens with one attached hydrogen (secondary N) is 1. The molecule has 1 aliphatic heterocycles. The van der Waals surface area contributed by atoms with E-state index in [-0.39, 0.29) is 17.1 Å². The maximum absolute atomic E-state index is 11.9. The smallest absolute Gasteiger partial charge is 0.404 e. The molecule has 2 aromatic carbocycles. The number of aryl methyl sites for hydroxylation is 1. The molecule has 1 saturated heterocycles. The lowest BCUT2D eigenvalue weighted by Crippen LogP contribution is -2.54. The van der Waals surface area contributed by atoms with Crippen LogP contribution in [0.5, 0.6) is 11.5 Å². The van der Waals surface area contributed by atoms with Crippen LogP contribution in [0.1, 0.15) is 31.4 Å². The maximum Gasteiger partial charge on any atom is 0.404 e. The van der Waals surface area contributed by atoms with Crippen molar-refractivity contribution in [2.45, 2.75) is 44.2 Å². The Balaban J connectivity index is 1.79. The highest BCUT2D eigenvalue weighted by Crippen LogP contribution is 2.38. The SMILES string of the molecule is CC(C)(CCc1ccccc1O)NC1OS(=O)(=O)OC1(O)c1ccc(O)cc1. The van der Waals surface area contributed by atoms with Crippen molar-refractivity contribution < 1.29 is 32.1 Å². The van der Waals surface area contributed by atoms with E-state index in [0.717, 1.165) is 5.56 Å². The van der Waals surface area contributed by atoms with E-state index < -0.39 is 28.0 Å². The summed E-state index contributed by atoms with van der Waals surface area (Å²) in [5, 5.41) is 33.3. The fraction of sp³-hybridized carbons (Fsp3) is 0.368. The zero-order chi connectivity index (χ0) is 20.6. The number of aliphatic hydroxyl groups is 1. The van der Waals surface area contributed by atoms with Gasteiger partial charge in [-0.15, -0.1) is 0 Å². The third-order valence-corrected chi connectivity index (χ3v) is 5.50. The normalized spacial score (nSPS) is 24.3. The third kappa shape index (κ3) is 4.45. The van der Waals surface area contributed by atoms with Crippen LogP contribution in [0, 0.1) is 0 Å². The number of rotatable bonds is 6. The first kappa shape index (κ1) is 20.6.